The number of fused-ring (bicyclic) bond motifs is 2. The number of amides is 1. The molecule has 2 aliphatic heterocycles. The van der Waals surface area contributed by atoms with E-state index >= 15 is 0 Å². The van der Waals surface area contributed by atoms with Crippen LogP contribution in [0.15, 0.2) is 36.5 Å². The maximum absolute atomic E-state index is 12.4. The molecule has 162 valence electrons. The first-order valence-corrected chi connectivity index (χ1v) is 11.0. The van der Waals surface area contributed by atoms with Crippen molar-refractivity contribution in [3.63, 3.8) is 0 Å². The predicted octanol–water partition coefficient (Wildman–Crippen LogP) is 2.85. The lowest BCUT2D eigenvalue weighted by atomic mass is 10.1. The molecule has 7 heteroatoms. The Bertz CT molecular complexity index is 1130. The average Bonchev–Trinajstić information content (AvgIpc) is 2.92. The van der Waals surface area contributed by atoms with Gasteiger partial charge < -0.3 is 19.4 Å². The van der Waals surface area contributed by atoms with E-state index in [1.165, 1.54) is 11.3 Å². The smallest absolute Gasteiger partial charge is 0.267 e. The molecule has 1 amide bonds. The van der Waals surface area contributed by atoms with Gasteiger partial charge in [-0.25, -0.2) is 4.98 Å². The van der Waals surface area contributed by atoms with E-state index in [0.717, 1.165) is 67.5 Å². The van der Waals surface area contributed by atoms with Gasteiger partial charge in [0.1, 0.15) is 11.4 Å². The average molecular weight is 420 g/mol. The number of anilines is 1. The number of likely N-dealkylation sites (N-methyl/N-ethyl adjacent to an activating group) is 1. The highest BCUT2D eigenvalue weighted by atomic mass is 16.5. The molecule has 0 bridgehead atoms. The summed E-state index contributed by atoms with van der Waals surface area (Å²) in [6, 6.07) is 10.3. The van der Waals surface area contributed by atoms with Crippen molar-refractivity contribution >= 4 is 17.2 Å². The van der Waals surface area contributed by atoms with E-state index in [9.17, 15) is 4.79 Å². The Labute approximate surface area is 182 Å². The molecule has 5 rings (SSSR count). The van der Waals surface area contributed by atoms with Crippen LogP contribution < -0.4 is 15.0 Å². The minimum absolute atomic E-state index is 0.0347. The van der Waals surface area contributed by atoms with Crippen molar-refractivity contribution in [1.82, 2.24) is 19.6 Å². The first kappa shape index (κ1) is 20.0. The first-order chi connectivity index (χ1) is 15.0. The summed E-state index contributed by atoms with van der Waals surface area (Å²) in [5.41, 5.74) is 6.07. The number of pyridine rings is 1. The molecule has 1 fully saturated rings. The highest BCUT2D eigenvalue weighted by molar-refractivity contribution is 6.00. The van der Waals surface area contributed by atoms with Crippen LogP contribution in [-0.4, -0.2) is 59.5 Å². The van der Waals surface area contributed by atoms with Crippen molar-refractivity contribution in [3.05, 3.63) is 47.8 Å². The van der Waals surface area contributed by atoms with E-state index in [0.29, 0.717) is 0 Å². The number of hydrogen-bond acceptors (Lipinski definition) is 5. The predicted molar refractivity (Wildman–Crippen MR) is 122 cm³/mol. The fourth-order valence-electron chi connectivity index (χ4n) is 4.51. The zero-order valence-electron chi connectivity index (χ0n) is 18.4. The van der Waals surface area contributed by atoms with Crippen molar-refractivity contribution in [3.8, 4) is 17.0 Å². The van der Waals surface area contributed by atoms with Crippen molar-refractivity contribution in [2.24, 2.45) is 0 Å². The summed E-state index contributed by atoms with van der Waals surface area (Å²) in [5, 5.41) is 3.48. The molecule has 2 aliphatic rings. The lowest BCUT2D eigenvalue weighted by molar-refractivity contribution is -0.125. The zero-order chi connectivity index (χ0) is 21.5. The Morgan fingerprint density at radius 2 is 2.06 bits per heavy atom. The second kappa shape index (κ2) is 7.98. The second-order valence-corrected chi connectivity index (χ2v) is 8.56. The summed E-state index contributed by atoms with van der Waals surface area (Å²) in [7, 11) is 1.81. The monoisotopic (exact) mass is 419 g/mol. The molecule has 0 saturated carbocycles. The molecule has 1 saturated heterocycles. The normalized spacial score (nSPS) is 19.9. The molecule has 4 heterocycles. The molecule has 0 spiro atoms. The Balaban J connectivity index is 1.60. The Hall–Kier alpha value is -2.90. The number of aromatic nitrogens is 2. The SMILES string of the molecule is Cc1ccn2c(CN3CCCNCC3)c(-c3ccc4c(c3)N(C)C(=O)C(C)O4)nc2c1. The van der Waals surface area contributed by atoms with E-state index in [1.54, 1.807) is 11.8 Å². The zero-order valence-corrected chi connectivity index (χ0v) is 18.4. The number of ether oxygens (including phenoxy) is 1. The molecule has 1 aromatic carbocycles. The quantitative estimate of drug-likeness (QED) is 0.707. The third kappa shape index (κ3) is 3.68. The molecule has 0 aliphatic carbocycles. The second-order valence-electron chi connectivity index (χ2n) is 8.56. The molecule has 1 atom stereocenters. The molecule has 31 heavy (non-hydrogen) atoms. The lowest BCUT2D eigenvalue weighted by Gasteiger charge is -2.30. The van der Waals surface area contributed by atoms with Gasteiger partial charge in [-0.15, -0.1) is 0 Å². The summed E-state index contributed by atoms with van der Waals surface area (Å²) >= 11 is 0. The highest BCUT2D eigenvalue weighted by Crippen LogP contribution is 2.37. The fraction of sp³-hybridized carbons (Fsp3) is 0.417. The van der Waals surface area contributed by atoms with Gasteiger partial charge in [0.05, 0.1) is 17.1 Å². The number of benzene rings is 1. The van der Waals surface area contributed by atoms with Gasteiger partial charge >= 0.3 is 0 Å². The maximum Gasteiger partial charge on any atom is 0.267 e. The van der Waals surface area contributed by atoms with Crippen LogP contribution in [0, 0.1) is 6.92 Å². The van der Waals surface area contributed by atoms with Crippen LogP contribution in [0.1, 0.15) is 24.6 Å². The van der Waals surface area contributed by atoms with E-state index in [4.69, 9.17) is 9.72 Å². The van der Waals surface area contributed by atoms with Crippen molar-refractivity contribution < 1.29 is 9.53 Å². The van der Waals surface area contributed by atoms with Gasteiger partial charge in [-0.05, 0) is 69.3 Å². The fourth-order valence-corrected chi connectivity index (χ4v) is 4.51. The summed E-state index contributed by atoms with van der Waals surface area (Å²) in [4.78, 5) is 21.6. The van der Waals surface area contributed by atoms with E-state index in [1.807, 2.05) is 19.2 Å². The summed E-state index contributed by atoms with van der Waals surface area (Å²) in [6.45, 7) is 8.87. The maximum atomic E-state index is 12.4. The summed E-state index contributed by atoms with van der Waals surface area (Å²) in [6.07, 6.45) is 2.80. The van der Waals surface area contributed by atoms with E-state index in [2.05, 4.69) is 45.9 Å². The van der Waals surface area contributed by atoms with Crippen LogP contribution in [0.2, 0.25) is 0 Å². The van der Waals surface area contributed by atoms with Crippen LogP contribution in [-0.2, 0) is 11.3 Å². The first-order valence-electron chi connectivity index (χ1n) is 11.0. The third-order valence-corrected chi connectivity index (χ3v) is 6.26. The minimum Gasteiger partial charge on any atom is -0.479 e. The topological polar surface area (TPSA) is 62.1 Å². The standard InChI is InChI=1S/C24H29N5O2/c1-16-7-11-29-20(15-28-10-4-8-25-9-12-28)23(26-22(29)13-16)18-5-6-21-19(14-18)27(3)24(30)17(2)31-21/h5-7,11,13-14,17,25H,4,8-10,12,15H2,1-3H3. The molecule has 0 radical (unpaired) electrons. The number of carbonyl (C=O) groups excluding carboxylic acids is 1. The molecule has 1 N–H and O–H groups in total. The van der Waals surface area contributed by atoms with Gasteiger partial charge in [0.25, 0.3) is 5.91 Å². The number of hydrogen-bond donors (Lipinski definition) is 1. The Morgan fingerprint density at radius 1 is 1.19 bits per heavy atom. The minimum atomic E-state index is -0.464. The molecule has 1 unspecified atom stereocenters. The summed E-state index contributed by atoms with van der Waals surface area (Å²) < 4.78 is 8.02. The number of imidazole rings is 1. The molecular formula is C24H29N5O2. The van der Waals surface area contributed by atoms with Crippen LogP contribution in [0.3, 0.4) is 0 Å². The molecule has 3 aromatic rings. The van der Waals surface area contributed by atoms with E-state index in [-0.39, 0.29) is 5.91 Å². The van der Waals surface area contributed by atoms with Gasteiger partial charge in [0.2, 0.25) is 0 Å². The van der Waals surface area contributed by atoms with Crippen LogP contribution in [0.5, 0.6) is 5.75 Å². The van der Waals surface area contributed by atoms with Crippen LogP contribution >= 0.6 is 0 Å². The largest absolute Gasteiger partial charge is 0.479 e. The van der Waals surface area contributed by atoms with Crippen molar-refractivity contribution in [2.45, 2.75) is 32.9 Å². The van der Waals surface area contributed by atoms with Gasteiger partial charge in [0.15, 0.2) is 6.10 Å². The number of nitrogens with zero attached hydrogens (tertiary/aromatic N) is 4. The van der Waals surface area contributed by atoms with Crippen molar-refractivity contribution in [2.75, 3.05) is 38.1 Å². The number of carbonyl (C=O) groups is 1. The Morgan fingerprint density at radius 3 is 2.94 bits per heavy atom. The lowest BCUT2D eigenvalue weighted by Crippen LogP contribution is -2.41. The van der Waals surface area contributed by atoms with Crippen LogP contribution in [0.4, 0.5) is 5.69 Å². The van der Waals surface area contributed by atoms with Gasteiger partial charge in [0, 0.05) is 38.4 Å². The number of aryl methyl sites for hydroxylation is 1. The Kier molecular flexibility index (Phi) is 5.16. The van der Waals surface area contributed by atoms with Gasteiger partial charge in [-0.3, -0.25) is 9.69 Å². The number of nitrogens with one attached hydrogen (secondary N) is 1. The van der Waals surface area contributed by atoms with Gasteiger partial charge in [-0.2, -0.15) is 0 Å². The third-order valence-electron chi connectivity index (χ3n) is 6.26. The highest BCUT2D eigenvalue weighted by Gasteiger charge is 2.29. The van der Waals surface area contributed by atoms with E-state index < -0.39 is 6.10 Å². The van der Waals surface area contributed by atoms with Gasteiger partial charge in [-0.1, -0.05) is 0 Å². The van der Waals surface area contributed by atoms with Crippen LogP contribution in [0.25, 0.3) is 16.9 Å². The number of rotatable bonds is 3. The van der Waals surface area contributed by atoms with Crippen molar-refractivity contribution in [1.29, 1.82) is 0 Å². The molecule has 2 aromatic heterocycles. The molecular weight excluding hydrogens is 390 g/mol. The molecule has 7 nitrogen and oxygen atoms in total. The summed E-state index contributed by atoms with van der Waals surface area (Å²) in [5.74, 6) is 0.700.